The molecule has 0 N–H and O–H groups in total. The molecule has 1 heteroatoms. The molecule has 0 heterocycles. The van der Waals surface area contributed by atoms with Crippen LogP contribution >= 0.6 is 0 Å². The lowest BCUT2D eigenvalue weighted by Crippen LogP contribution is -2.35. The van der Waals surface area contributed by atoms with Crippen molar-refractivity contribution in [3.8, 4) is 0 Å². The van der Waals surface area contributed by atoms with Gasteiger partial charge in [-0.2, -0.15) is 0 Å². The Kier molecular flexibility index (Phi) is 5.06. The van der Waals surface area contributed by atoms with E-state index in [1.165, 1.54) is 50.6 Å². The highest BCUT2D eigenvalue weighted by atomic mass is 15.2. The molecule has 0 spiro atoms. The molecule has 0 amide bonds. The molecule has 0 atom stereocenters. The largest absolute Gasteiger partial charge is 0.373 e. The minimum atomic E-state index is 0.799. The fraction of sp³-hybridized carbons (Fsp3) is 0.846. The van der Waals surface area contributed by atoms with Gasteiger partial charge in [0.05, 0.1) is 0 Å². The van der Waals surface area contributed by atoms with Gasteiger partial charge in [0.1, 0.15) is 0 Å². The van der Waals surface area contributed by atoms with Gasteiger partial charge in [0, 0.05) is 18.3 Å². The van der Waals surface area contributed by atoms with Crippen LogP contribution in [0.25, 0.3) is 0 Å². The third-order valence-corrected chi connectivity index (χ3v) is 3.30. The lowest BCUT2D eigenvalue weighted by Gasteiger charge is -2.36. The zero-order valence-electron chi connectivity index (χ0n) is 9.89. The Bertz CT molecular complexity index is 168. The second-order valence-corrected chi connectivity index (χ2v) is 4.39. The van der Waals surface area contributed by atoms with E-state index in [2.05, 4.69) is 25.3 Å². The van der Waals surface area contributed by atoms with E-state index in [1.807, 2.05) is 0 Å². The number of allylic oxidation sites excluding steroid dienone is 1. The highest BCUT2D eigenvalue weighted by Gasteiger charge is 2.20. The number of hydrogen-bond acceptors (Lipinski definition) is 1. The van der Waals surface area contributed by atoms with E-state index in [9.17, 15) is 0 Å². The van der Waals surface area contributed by atoms with Gasteiger partial charge in [-0.15, -0.1) is 0 Å². The summed E-state index contributed by atoms with van der Waals surface area (Å²) in [5, 5.41) is 0. The van der Waals surface area contributed by atoms with E-state index >= 15 is 0 Å². The molecular formula is C13H25N. The summed E-state index contributed by atoms with van der Waals surface area (Å²) < 4.78 is 0. The summed E-state index contributed by atoms with van der Waals surface area (Å²) in [6.07, 6.45) is 9.44. The molecule has 14 heavy (non-hydrogen) atoms. The normalized spacial score (nSPS) is 18.1. The molecule has 1 saturated carbocycles. The summed E-state index contributed by atoms with van der Waals surface area (Å²) in [7, 11) is 0. The van der Waals surface area contributed by atoms with Crippen LogP contribution in [0.2, 0.25) is 0 Å². The topological polar surface area (TPSA) is 3.24 Å². The van der Waals surface area contributed by atoms with E-state index in [0.29, 0.717) is 0 Å². The molecule has 1 aliphatic carbocycles. The Morgan fingerprint density at radius 2 is 1.86 bits per heavy atom. The first-order valence-corrected chi connectivity index (χ1v) is 6.24. The molecule has 82 valence electrons. The summed E-state index contributed by atoms with van der Waals surface area (Å²) in [5.74, 6) is 0. The van der Waals surface area contributed by atoms with Crippen LogP contribution in [-0.2, 0) is 0 Å². The van der Waals surface area contributed by atoms with Gasteiger partial charge in [-0.25, -0.2) is 0 Å². The third kappa shape index (κ3) is 3.04. The zero-order valence-corrected chi connectivity index (χ0v) is 9.89. The molecular weight excluding hydrogens is 170 g/mol. The minimum absolute atomic E-state index is 0.799. The maximum Gasteiger partial charge on any atom is 0.0286 e. The Labute approximate surface area is 89.2 Å². The molecule has 0 bridgehead atoms. The van der Waals surface area contributed by atoms with Gasteiger partial charge in [0.15, 0.2) is 0 Å². The van der Waals surface area contributed by atoms with E-state index in [-0.39, 0.29) is 0 Å². The lowest BCUT2D eigenvalue weighted by atomic mass is 9.93. The fourth-order valence-corrected chi connectivity index (χ4v) is 2.56. The maximum atomic E-state index is 4.22. The number of nitrogens with zero attached hydrogens (tertiary/aromatic N) is 1. The van der Waals surface area contributed by atoms with Crippen LogP contribution in [0.3, 0.4) is 0 Å². The van der Waals surface area contributed by atoms with Gasteiger partial charge in [-0.3, -0.25) is 0 Å². The van der Waals surface area contributed by atoms with Gasteiger partial charge >= 0.3 is 0 Å². The molecule has 1 fully saturated rings. The van der Waals surface area contributed by atoms with Crippen LogP contribution in [0.1, 0.15) is 58.8 Å². The molecule has 0 aromatic rings. The quantitative estimate of drug-likeness (QED) is 0.642. The average Bonchev–Trinajstić information content (AvgIpc) is 2.21. The molecule has 0 aromatic heterocycles. The lowest BCUT2D eigenvalue weighted by molar-refractivity contribution is 0.203. The van der Waals surface area contributed by atoms with E-state index in [1.54, 1.807) is 0 Å². The zero-order chi connectivity index (χ0) is 10.4. The smallest absolute Gasteiger partial charge is 0.0286 e. The van der Waals surface area contributed by atoms with Crippen molar-refractivity contribution in [1.29, 1.82) is 0 Å². The Balaban J connectivity index is 2.46. The third-order valence-electron chi connectivity index (χ3n) is 3.30. The average molecular weight is 195 g/mol. The summed E-state index contributed by atoms with van der Waals surface area (Å²) in [4.78, 5) is 2.54. The standard InChI is InChI=1S/C13H25N/c1-4-9-12(3)14(5-2)13-10-7-6-8-11-13/h13H,3-11H2,1-2H3. The van der Waals surface area contributed by atoms with Gasteiger partial charge in [0.2, 0.25) is 0 Å². The van der Waals surface area contributed by atoms with Crippen LogP contribution in [0.5, 0.6) is 0 Å². The molecule has 1 rings (SSSR count). The van der Waals surface area contributed by atoms with Crippen LogP contribution in [0, 0.1) is 0 Å². The number of hydrogen-bond donors (Lipinski definition) is 0. The van der Waals surface area contributed by atoms with Gasteiger partial charge in [0.25, 0.3) is 0 Å². The second kappa shape index (κ2) is 6.10. The van der Waals surface area contributed by atoms with Gasteiger partial charge < -0.3 is 4.90 Å². The van der Waals surface area contributed by atoms with Crippen molar-refractivity contribution < 1.29 is 0 Å². The van der Waals surface area contributed by atoms with Crippen LogP contribution in [0.4, 0.5) is 0 Å². The SMILES string of the molecule is C=C(CCC)N(CC)C1CCCCC1. The monoisotopic (exact) mass is 195 g/mol. The number of rotatable bonds is 5. The molecule has 1 aliphatic rings. The van der Waals surface area contributed by atoms with Crippen molar-refractivity contribution in [2.24, 2.45) is 0 Å². The summed E-state index contributed by atoms with van der Waals surface area (Å²) >= 11 is 0. The van der Waals surface area contributed by atoms with E-state index < -0.39 is 0 Å². The first kappa shape index (κ1) is 11.6. The van der Waals surface area contributed by atoms with Crippen molar-refractivity contribution >= 4 is 0 Å². The Morgan fingerprint density at radius 1 is 1.21 bits per heavy atom. The van der Waals surface area contributed by atoms with E-state index in [4.69, 9.17) is 0 Å². The highest BCUT2D eigenvalue weighted by Crippen LogP contribution is 2.25. The Morgan fingerprint density at radius 3 is 2.36 bits per heavy atom. The first-order valence-electron chi connectivity index (χ1n) is 6.24. The summed E-state index contributed by atoms with van der Waals surface area (Å²) in [6.45, 7) is 9.85. The molecule has 0 aliphatic heterocycles. The highest BCUT2D eigenvalue weighted by molar-refractivity contribution is 4.97. The fourth-order valence-electron chi connectivity index (χ4n) is 2.56. The van der Waals surface area contributed by atoms with Gasteiger partial charge in [-0.05, 0) is 26.2 Å². The molecule has 1 nitrogen and oxygen atoms in total. The van der Waals surface area contributed by atoms with Gasteiger partial charge in [-0.1, -0.05) is 39.2 Å². The minimum Gasteiger partial charge on any atom is -0.373 e. The maximum absolute atomic E-state index is 4.22. The van der Waals surface area contributed by atoms with Crippen molar-refractivity contribution in [1.82, 2.24) is 4.90 Å². The molecule has 0 radical (unpaired) electrons. The van der Waals surface area contributed by atoms with Crippen molar-refractivity contribution in [2.45, 2.75) is 64.8 Å². The Hall–Kier alpha value is -0.460. The van der Waals surface area contributed by atoms with E-state index in [0.717, 1.165) is 12.6 Å². The van der Waals surface area contributed by atoms with Crippen LogP contribution < -0.4 is 0 Å². The predicted octanol–water partition coefficient (Wildman–Crippen LogP) is 3.95. The van der Waals surface area contributed by atoms with Crippen molar-refractivity contribution in [2.75, 3.05) is 6.54 Å². The molecule has 0 aromatic carbocycles. The molecule has 0 saturated heterocycles. The second-order valence-electron chi connectivity index (χ2n) is 4.39. The van der Waals surface area contributed by atoms with Crippen LogP contribution in [0.15, 0.2) is 12.3 Å². The van der Waals surface area contributed by atoms with Crippen molar-refractivity contribution in [3.63, 3.8) is 0 Å². The summed E-state index contributed by atoms with van der Waals surface area (Å²) in [6, 6.07) is 0.799. The van der Waals surface area contributed by atoms with Crippen molar-refractivity contribution in [3.05, 3.63) is 12.3 Å². The first-order chi connectivity index (χ1) is 6.79. The van der Waals surface area contributed by atoms with Crippen LogP contribution in [-0.4, -0.2) is 17.5 Å². The predicted molar refractivity (Wildman–Crippen MR) is 63.3 cm³/mol. The summed E-state index contributed by atoms with van der Waals surface area (Å²) in [5.41, 5.74) is 1.36. The molecule has 0 unspecified atom stereocenters.